The Labute approximate surface area is 255 Å². The van der Waals surface area contributed by atoms with Gasteiger partial charge in [0.1, 0.15) is 5.75 Å². The number of aromatic nitrogens is 2. The Morgan fingerprint density at radius 2 is 1.50 bits per heavy atom. The molecule has 4 aromatic carbocycles. The number of para-hydroxylation sites is 1. The monoisotopic (exact) mass is 723 g/mol. The minimum atomic E-state index is -0.145. The minimum absolute atomic E-state index is 0. The van der Waals surface area contributed by atoms with Crippen LogP contribution >= 0.6 is 11.6 Å². The van der Waals surface area contributed by atoms with Gasteiger partial charge in [0, 0.05) is 28.2 Å². The molecule has 0 saturated heterocycles. The third-order valence-corrected chi connectivity index (χ3v) is 7.98. The smallest absolute Gasteiger partial charge is 0.547 e. The molecule has 0 amide bonds. The van der Waals surface area contributed by atoms with Gasteiger partial charge in [-0.3, -0.25) is 4.68 Å². The quantitative estimate of drug-likeness (QED) is 0.126. The van der Waals surface area contributed by atoms with Crippen LogP contribution in [0.15, 0.2) is 96.2 Å². The molecule has 40 heavy (non-hydrogen) atoms. The molecule has 0 saturated carbocycles. The van der Waals surface area contributed by atoms with Crippen molar-refractivity contribution in [3.8, 4) is 34.1 Å². The van der Waals surface area contributed by atoms with Crippen LogP contribution in [0.1, 0.15) is 50.7 Å². The zero-order valence-electron chi connectivity index (χ0n) is 22.8. The van der Waals surface area contributed by atoms with Gasteiger partial charge in [0.25, 0.3) is 0 Å². The number of ether oxygens (including phenoxy) is 1. The van der Waals surface area contributed by atoms with E-state index in [4.69, 9.17) is 14.5 Å². The first kappa shape index (κ1) is 28.3. The summed E-state index contributed by atoms with van der Waals surface area (Å²) in [7, 11) is 0. The van der Waals surface area contributed by atoms with Crippen LogP contribution in [0.5, 0.6) is 17.2 Å². The maximum absolute atomic E-state index is 6.19. The summed E-state index contributed by atoms with van der Waals surface area (Å²) in [5, 5.41) is 4.70. The van der Waals surface area contributed by atoms with Gasteiger partial charge in [0.2, 0.25) is 0 Å². The van der Waals surface area contributed by atoms with Crippen LogP contribution in [0, 0.1) is 12.1 Å². The van der Waals surface area contributed by atoms with E-state index in [2.05, 4.69) is 70.3 Å². The van der Waals surface area contributed by atoms with E-state index in [0.717, 1.165) is 27.4 Å². The van der Waals surface area contributed by atoms with Crippen molar-refractivity contribution in [2.45, 2.75) is 44.4 Å². The molecule has 0 atom stereocenters. The van der Waals surface area contributed by atoms with Crippen LogP contribution in [0.4, 0.5) is 0 Å². The molecule has 202 valence electrons. The Hall–Kier alpha value is -3.21. The topological polar surface area (TPSA) is 36.3 Å². The van der Waals surface area contributed by atoms with Crippen LogP contribution in [0.25, 0.3) is 16.8 Å². The molecule has 6 rings (SSSR count). The van der Waals surface area contributed by atoms with Gasteiger partial charge >= 0.3 is 27.3 Å². The van der Waals surface area contributed by atoms with Crippen LogP contribution in [0.2, 0.25) is 0 Å². The number of nitrogens with zero attached hydrogens (tertiary/aromatic N) is 2. The first-order valence-electron chi connectivity index (χ1n) is 13.3. The van der Waals surface area contributed by atoms with E-state index in [1.165, 1.54) is 16.7 Å². The number of hydrogen-bond acceptors (Lipinski definition) is 4. The number of fused-ring (bicyclic) bond motifs is 1. The maximum atomic E-state index is 6.19. The second-order valence-electron chi connectivity index (χ2n) is 10.3. The van der Waals surface area contributed by atoms with E-state index in [1.807, 2.05) is 65.5 Å². The molecule has 5 aromatic rings. The largest absolute Gasteiger partial charge is 2.00 e. The summed E-state index contributed by atoms with van der Waals surface area (Å²) in [6.45, 7) is 8.96. The van der Waals surface area contributed by atoms with E-state index < -0.39 is 0 Å². The third-order valence-electron chi connectivity index (χ3n) is 6.83. The van der Waals surface area contributed by atoms with Gasteiger partial charge in [0.05, 0.1) is 6.20 Å². The standard InChI is InChI=1S/C33H29BN2O2S.Pt/c1-22(2)29-14-9-15-30(23(3)4)33(29)24-20-35-36(21-24)26-11-8-13-28(19-26)37-27-12-7-10-25(18-27)34-38-31-16-5-6-17-32(31)39-34;/h5-17,20-23H,1-4H3;/q-2;+2. The molecular weight excluding hydrogens is 694 g/mol. The Morgan fingerprint density at radius 1 is 0.825 bits per heavy atom. The number of benzene rings is 4. The van der Waals surface area contributed by atoms with Gasteiger partial charge in [-0.2, -0.15) is 23.3 Å². The van der Waals surface area contributed by atoms with Crippen LogP contribution in [-0.4, -0.2) is 16.0 Å². The van der Waals surface area contributed by atoms with Crippen molar-refractivity contribution in [3.05, 3.63) is 115 Å². The summed E-state index contributed by atoms with van der Waals surface area (Å²) >= 11 is 1.68. The predicted molar refractivity (Wildman–Crippen MR) is 160 cm³/mol. The van der Waals surface area contributed by atoms with Crippen molar-refractivity contribution in [1.82, 2.24) is 9.78 Å². The molecule has 0 radical (unpaired) electrons. The molecule has 0 N–H and O–H groups in total. The van der Waals surface area contributed by atoms with Crippen molar-refractivity contribution in [3.63, 3.8) is 0 Å². The molecule has 0 fully saturated rings. The summed E-state index contributed by atoms with van der Waals surface area (Å²) in [6.07, 6.45) is 3.89. The Kier molecular flexibility index (Phi) is 8.58. The second kappa shape index (κ2) is 12.1. The van der Waals surface area contributed by atoms with E-state index >= 15 is 0 Å². The Balaban J connectivity index is 0.00000323. The second-order valence-corrected chi connectivity index (χ2v) is 11.4. The van der Waals surface area contributed by atoms with Crippen LogP contribution < -0.4 is 14.9 Å². The fraction of sp³-hybridized carbons (Fsp3) is 0.182. The first-order valence-corrected chi connectivity index (χ1v) is 14.2. The average Bonchev–Trinajstić information content (AvgIpc) is 3.61. The SMILES string of the molecule is CC(C)c1cccc(C(C)C)c1-c1cnn(-c2[c-]c(Oc3[c-]c(B4Oc5ccccc5S4)ccc3)ccc2)c1.[Pt+2]. The number of hydrogen-bond donors (Lipinski definition) is 0. The molecule has 0 aliphatic carbocycles. The van der Waals surface area contributed by atoms with E-state index in [0.29, 0.717) is 23.3 Å². The Bertz CT molecular complexity index is 1580. The van der Waals surface area contributed by atoms with Crippen molar-refractivity contribution < 1.29 is 30.5 Å². The molecule has 1 aromatic heterocycles. The van der Waals surface area contributed by atoms with E-state index in [1.54, 1.807) is 11.6 Å². The van der Waals surface area contributed by atoms with Gasteiger partial charge in [-0.25, -0.2) is 0 Å². The molecule has 1 aliphatic heterocycles. The van der Waals surface area contributed by atoms with E-state index in [9.17, 15) is 0 Å². The summed E-state index contributed by atoms with van der Waals surface area (Å²) in [4.78, 5) is 1.14. The molecule has 1 aliphatic rings. The van der Waals surface area contributed by atoms with Crippen LogP contribution in [0.3, 0.4) is 0 Å². The van der Waals surface area contributed by atoms with Crippen molar-refractivity contribution in [1.29, 1.82) is 0 Å². The maximum Gasteiger partial charge on any atom is 2.00 e. The van der Waals surface area contributed by atoms with Crippen molar-refractivity contribution >= 4 is 23.3 Å². The first-order chi connectivity index (χ1) is 19.0. The Morgan fingerprint density at radius 3 is 2.23 bits per heavy atom. The summed E-state index contributed by atoms with van der Waals surface area (Å²) < 4.78 is 14.2. The molecule has 0 bridgehead atoms. The molecule has 2 heterocycles. The van der Waals surface area contributed by atoms with Crippen molar-refractivity contribution in [2.75, 3.05) is 0 Å². The molecule has 0 unspecified atom stereocenters. The van der Waals surface area contributed by atoms with Gasteiger partial charge < -0.3 is 9.39 Å². The van der Waals surface area contributed by atoms with Crippen molar-refractivity contribution in [2.24, 2.45) is 0 Å². The fourth-order valence-electron chi connectivity index (χ4n) is 4.90. The molecule has 4 nitrogen and oxygen atoms in total. The third kappa shape index (κ3) is 5.80. The van der Waals surface area contributed by atoms with Gasteiger partial charge in [-0.15, -0.1) is 47.4 Å². The minimum Gasteiger partial charge on any atom is -0.547 e. The molecular formula is C33H29BN2O2PtS. The summed E-state index contributed by atoms with van der Waals surface area (Å²) in [5.74, 6) is 2.96. The van der Waals surface area contributed by atoms with E-state index in [-0.39, 0.29) is 27.3 Å². The average molecular weight is 724 g/mol. The van der Waals surface area contributed by atoms with Gasteiger partial charge in [0.15, 0.2) is 0 Å². The molecule has 0 spiro atoms. The zero-order valence-corrected chi connectivity index (χ0v) is 25.9. The normalized spacial score (nSPS) is 12.3. The fourth-order valence-corrected chi connectivity index (χ4v) is 5.94. The molecule has 7 heteroatoms. The van der Waals surface area contributed by atoms with Crippen LogP contribution in [-0.2, 0) is 21.1 Å². The predicted octanol–water partition coefficient (Wildman–Crippen LogP) is 8.06. The van der Waals surface area contributed by atoms with Gasteiger partial charge in [-0.1, -0.05) is 58.0 Å². The zero-order chi connectivity index (χ0) is 26.9. The number of rotatable bonds is 7. The summed E-state index contributed by atoms with van der Waals surface area (Å²) in [6, 6.07) is 33.2. The summed E-state index contributed by atoms with van der Waals surface area (Å²) in [5.41, 5.74) is 6.81. The van der Waals surface area contributed by atoms with Gasteiger partial charge in [-0.05, 0) is 46.3 Å².